The highest BCUT2D eigenvalue weighted by atomic mass is 35.5. The van der Waals surface area contributed by atoms with Crippen LogP contribution >= 0.6 is 22.9 Å². The lowest BCUT2D eigenvalue weighted by molar-refractivity contribution is 0.580. The molecule has 2 heterocycles. The van der Waals surface area contributed by atoms with E-state index < -0.39 is 10.0 Å². The first-order chi connectivity index (χ1) is 11.5. The first-order valence-corrected chi connectivity index (χ1v) is 10.8. The summed E-state index contributed by atoms with van der Waals surface area (Å²) in [5, 5.41) is 3.66. The monoisotopic (exact) mass is 385 g/mol. The van der Waals surface area contributed by atoms with E-state index in [0.717, 1.165) is 29.5 Å². The fourth-order valence-electron chi connectivity index (χ4n) is 2.65. The lowest BCUT2D eigenvalue weighted by atomic mass is 10.2. The Morgan fingerprint density at radius 1 is 1.21 bits per heavy atom. The Morgan fingerprint density at radius 2 is 1.92 bits per heavy atom. The van der Waals surface area contributed by atoms with Crippen LogP contribution in [-0.2, 0) is 22.2 Å². The number of rotatable bonds is 7. The predicted octanol–water partition coefficient (Wildman–Crippen LogP) is 3.06. The largest absolute Gasteiger partial charge is 0.348 e. The molecule has 0 atom stereocenters. The lowest BCUT2D eigenvalue weighted by Crippen LogP contribution is -2.27. The number of aromatic nitrogens is 1. The molecule has 1 N–H and O–H groups in total. The van der Waals surface area contributed by atoms with E-state index in [4.69, 9.17) is 11.6 Å². The van der Waals surface area contributed by atoms with Crippen LogP contribution in [0, 0.1) is 0 Å². The van der Waals surface area contributed by atoms with Crippen molar-refractivity contribution in [3.63, 3.8) is 0 Å². The summed E-state index contributed by atoms with van der Waals surface area (Å²) < 4.78 is 26.9. The zero-order chi connectivity index (χ0) is 17.0. The number of benzene rings is 1. The molecular weight excluding hydrogens is 366 g/mol. The van der Waals surface area contributed by atoms with Gasteiger partial charge in [0.15, 0.2) is 5.13 Å². The number of nitrogens with one attached hydrogen (secondary N) is 1. The highest BCUT2D eigenvalue weighted by molar-refractivity contribution is 7.88. The number of nitrogens with zero attached hydrogens (tertiary/aromatic N) is 2. The second-order valence-corrected chi connectivity index (χ2v) is 8.93. The van der Waals surface area contributed by atoms with Gasteiger partial charge in [-0.1, -0.05) is 23.7 Å². The van der Waals surface area contributed by atoms with Crippen LogP contribution in [0.2, 0.25) is 5.02 Å². The second-order valence-electron chi connectivity index (χ2n) is 5.85. The van der Waals surface area contributed by atoms with E-state index in [1.54, 1.807) is 35.6 Å². The van der Waals surface area contributed by atoms with Crippen LogP contribution in [0.5, 0.6) is 0 Å². The molecule has 2 aromatic rings. The molecule has 1 aromatic heterocycles. The van der Waals surface area contributed by atoms with Gasteiger partial charge in [-0.3, -0.25) is 0 Å². The molecule has 0 aliphatic carbocycles. The summed E-state index contributed by atoms with van der Waals surface area (Å²) in [7, 11) is -3.35. The van der Waals surface area contributed by atoms with Gasteiger partial charge in [0.2, 0.25) is 10.0 Å². The standard InChI is InChI=1S/C16H20ClN3O2S2/c17-14-5-3-13(4-6-14)12-24(21,22)18-8-7-15-11-23-16(19-15)20-9-1-2-10-20/h3-6,11,18H,1-2,7-10,12H2. The van der Waals surface area contributed by atoms with Gasteiger partial charge in [0.1, 0.15) is 0 Å². The van der Waals surface area contributed by atoms with Gasteiger partial charge in [0, 0.05) is 36.5 Å². The van der Waals surface area contributed by atoms with Crippen molar-refractivity contribution in [3.05, 3.63) is 45.9 Å². The summed E-state index contributed by atoms with van der Waals surface area (Å²) >= 11 is 7.44. The van der Waals surface area contributed by atoms with E-state index in [-0.39, 0.29) is 5.75 Å². The molecule has 130 valence electrons. The minimum atomic E-state index is -3.35. The average molecular weight is 386 g/mol. The molecule has 0 saturated carbocycles. The minimum Gasteiger partial charge on any atom is -0.348 e. The SMILES string of the molecule is O=S(=O)(Cc1ccc(Cl)cc1)NCCc1csc(N2CCCC2)n1. The number of thiazole rings is 1. The van der Waals surface area contributed by atoms with Crippen molar-refractivity contribution in [2.45, 2.75) is 25.0 Å². The van der Waals surface area contributed by atoms with Crippen LogP contribution in [0.1, 0.15) is 24.1 Å². The molecule has 24 heavy (non-hydrogen) atoms. The van der Waals surface area contributed by atoms with Crippen molar-refractivity contribution in [2.75, 3.05) is 24.5 Å². The van der Waals surface area contributed by atoms with Crippen LogP contribution in [0.4, 0.5) is 5.13 Å². The number of hydrogen-bond acceptors (Lipinski definition) is 5. The van der Waals surface area contributed by atoms with Crippen LogP contribution in [-0.4, -0.2) is 33.0 Å². The molecule has 1 saturated heterocycles. The van der Waals surface area contributed by atoms with Gasteiger partial charge in [0.25, 0.3) is 0 Å². The van der Waals surface area contributed by atoms with Gasteiger partial charge < -0.3 is 4.90 Å². The third-order valence-electron chi connectivity index (χ3n) is 3.89. The first kappa shape index (κ1) is 17.7. The lowest BCUT2D eigenvalue weighted by Gasteiger charge is -2.12. The van der Waals surface area contributed by atoms with E-state index >= 15 is 0 Å². The Balaban J connectivity index is 1.49. The van der Waals surface area contributed by atoms with Crippen molar-refractivity contribution >= 4 is 38.1 Å². The van der Waals surface area contributed by atoms with Crippen molar-refractivity contribution < 1.29 is 8.42 Å². The summed E-state index contributed by atoms with van der Waals surface area (Å²) in [5.74, 6) is -0.0414. The van der Waals surface area contributed by atoms with Crippen molar-refractivity contribution in [2.24, 2.45) is 0 Å². The summed E-state index contributed by atoms with van der Waals surface area (Å²) in [6.07, 6.45) is 3.04. The average Bonchev–Trinajstić information content (AvgIpc) is 3.20. The van der Waals surface area contributed by atoms with Gasteiger partial charge >= 0.3 is 0 Å². The molecule has 0 radical (unpaired) electrons. The zero-order valence-corrected chi connectivity index (χ0v) is 15.6. The van der Waals surface area contributed by atoms with E-state index in [0.29, 0.717) is 18.0 Å². The number of sulfonamides is 1. The Morgan fingerprint density at radius 3 is 2.62 bits per heavy atom. The van der Waals surface area contributed by atoms with Crippen LogP contribution in [0.25, 0.3) is 0 Å². The Labute approximate surface area is 151 Å². The minimum absolute atomic E-state index is 0.0414. The number of halogens is 1. The molecule has 0 spiro atoms. The number of hydrogen-bond donors (Lipinski definition) is 1. The topological polar surface area (TPSA) is 62.3 Å². The third-order valence-corrected chi connectivity index (χ3v) is 6.45. The molecule has 1 aliphatic heterocycles. The molecule has 0 bridgehead atoms. The molecule has 0 amide bonds. The van der Waals surface area contributed by atoms with Gasteiger partial charge in [-0.15, -0.1) is 11.3 Å². The normalized spacial score (nSPS) is 15.1. The third kappa shape index (κ3) is 4.92. The van der Waals surface area contributed by atoms with Crippen LogP contribution in [0.3, 0.4) is 0 Å². The van der Waals surface area contributed by atoms with E-state index in [1.165, 1.54) is 12.8 Å². The highest BCUT2D eigenvalue weighted by Crippen LogP contribution is 2.24. The summed E-state index contributed by atoms with van der Waals surface area (Å²) in [4.78, 5) is 6.89. The Kier molecular flexibility index (Phi) is 5.76. The van der Waals surface area contributed by atoms with E-state index in [2.05, 4.69) is 14.6 Å². The predicted molar refractivity (Wildman–Crippen MR) is 99.3 cm³/mol. The van der Waals surface area contributed by atoms with Crippen molar-refractivity contribution in [1.29, 1.82) is 0 Å². The number of anilines is 1. The highest BCUT2D eigenvalue weighted by Gasteiger charge is 2.16. The van der Waals surface area contributed by atoms with Crippen LogP contribution < -0.4 is 9.62 Å². The molecule has 1 aromatic carbocycles. The molecule has 3 rings (SSSR count). The maximum absolute atomic E-state index is 12.1. The Bertz CT molecular complexity index is 769. The second kappa shape index (κ2) is 7.82. The molecule has 0 unspecified atom stereocenters. The first-order valence-electron chi connectivity index (χ1n) is 7.93. The molecule has 1 aliphatic rings. The van der Waals surface area contributed by atoms with Crippen molar-refractivity contribution in [3.8, 4) is 0 Å². The smallest absolute Gasteiger partial charge is 0.215 e. The molecule has 8 heteroatoms. The Hall–Kier alpha value is -1.15. The summed E-state index contributed by atoms with van der Waals surface area (Å²) in [5.41, 5.74) is 1.66. The molecule has 5 nitrogen and oxygen atoms in total. The molecular formula is C16H20ClN3O2S2. The fraction of sp³-hybridized carbons (Fsp3) is 0.438. The summed E-state index contributed by atoms with van der Waals surface area (Å²) in [6, 6.07) is 6.85. The van der Waals surface area contributed by atoms with Crippen molar-refractivity contribution in [1.82, 2.24) is 9.71 Å². The van der Waals surface area contributed by atoms with Gasteiger partial charge in [-0.2, -0.15) is 0 Å². The maximum Gasteiger partial charge on any atom is 0.215 e. The molecule has 1 fully saturated rings. The quantitative estimate of drug-likeness (QED) is 0.795. The van der Waals surface area contributed by atoms with Gasteiger partial charge in [-0.05, 0) is 30.5 Å². The van der Waals surface area contributed by atoms with Crippen LogP contribution in [0.15, 0.2) is 29.6 Å². The van der Waals surface area contributed by atoms with Gasteiger partial charge in [-0.25, -0.2) is 18.1 Å². The summed E-state index contributed by atoms with van der Waals surface area (Å²) in [6.45, 7) is 2.50. The zero-order valence-electron chi connectivity index (χ0n) is 13.2. The van der Waals surface area contributed by atoms with E-state index in [1.807, 2.05) is 5.38 Å². The maximum atomic E-state index is 12.1. The fourth-order valence-corrected chi connectivity index (χ4v) is 4.84. The van der Waals surface area contributed by atoms with E-state index in [9.17, 15) is 8.42 Å². The van der Waals surface area contributed by atoms with Gasteiger partial charge in [0.05, 0.1) is 11.4 Å².